The van der Waals surface area contributed by atoms with E-state index >= 15 is 0 Å². The van der Waals surface area contributed by atoms with E-state index in [1.54, 1.807) is 12.1 Å². The van der Waals surface area contributed by atoms with Crippen molar-refractivity contribution in [2.45, 2.75) is 26.8 Å². The van der Waals surface area contributed by atoms with E-state index in [2.05, 4.69) is 23.9 Å². The quantitative estimate of drug-likeness (QED) is 0.352. The second-order valence-corrected chi connectivity index (χ2v) is 5.63. The molecule has 3 N–H and O–H groups in total. The average Bonchev–Trinajstić information content (AvgIpc) is 2.39. The number of hydrogen-bond acceptors (Lipinski definition) is 3. The van der Waals surface area contributed by atoms with Crippen LogP contribution in [0.1, 0.15) is 25.8 Å². The van der Waals surface area contributed by atoms with Crippen molar-refractivity contribution in [3.05, 3.63) is 34.6 Å². The molecule has 0 atom stereocenters. The van der Waals surface area contributed by atoms with Crippen LogP contribution in [-0.4, -0.2) is 29.0 Å². The van der Waals surface area contributed by atoms with Crippen LogP contribution >= 0.6 is 11.6 Å². The molecule has 0 spiro atoms. The van der Waals surface area contributed by atoms with Crippen molar-refractivity contribution in [2.75, 3.05) is 13.1 Å². The number of rotatable bonds is 7. The third-order valence-corrected chi connectivity index (χ3v) is 3.12. The Morgan fingerprint density at radius 2 is 2.20 bits per heavy atom. The predicted octanol–water partition coefficient (Wildman–Crippen LogP) is 3.07. The standard InChI is InChI=1S/C14H21ClFN3O/c1-10(2)8-19(6-5-14(17)18-20)9-11-3-4-13(16)12(15)7-11/h3-4,7,10,20H,5-6,8-9H2,1-2H3,(H2,17,18). The van der Waals surface area contributed by atoms with Gasteiger partial charge in [0.15, 0.2) is 0 Å². The third-order valence-electron chi connectivity index (χ3n) is 2.83. The van der Waals surface area contributed by atoms with Gasteiger partial charge in [0.25, 0.3) is 0 Å². The molecule has 0 aliphatic heterocycles. The van der Waals surface area contributed by atoms with Crippen molar-refractivity contribution in [3.63, 3.8) is 0 Å². The molecule has 0 aromatic heterocycles. The average molecular weight is 302 g/mol. The number of hydrogen-bond donors (Lipinski definition) is 2. The molecular weight excluding hydrogens is 281 g/mol. The summed E-state index contributed by atoms with van der Waals surface area (Å²) in [7, 11) is 0. The lowest BCUT2D eigenvalue weighted by atomic mass is 10.1. The number of halogens is 2. The molecule has 0 saturated heterocycles. The summed E-state index contributed by atoms with van der Waals surface area (Å²) in [6.07, 6.45) is 0.484. The van der Waals surface area contributed by atoms with Gasteiger partial charge in [-0.05, 0) is 23.6 Å². The van der Waals surface area contributed by atoms with Gasteiger partial charge in [0.1, 0.15) is 11.7 Å². The van der Waals surface area contributed by atoms with Gasteiger partial charge in [-0.1, -0.05) is 36.7 Å². The van der Waals surface area contributed by atoms with Gasteiger partial charge in [0.2, 0.25) is 0 Å². The molecule has 0 amide bonds. The molecule has 0 aliphatic rings. The minimum atomic E-state index is -0.414. The molecule has 1 aromatic carbocycles. The first kappa shape index (κ1) is 16.7. The first-order valence-corrected chi connectivity index (χ1v) is 6.92. The molecule has 0 radical (unpaired) electrons. The highest BCUT2D eigenvalue weighted by atomic mass is 35.5. The van der Waals surface area contributed by atoms with Gasteiger partial charge in [0.05, 0.1) is 5.02 Å². The summed E-state index contributed by atoms with van der Waals surface area (Å²) in [5.74, 6) is 0.275. The maximum Gasteiger partial charge on any atom is 0.141 e. The maximum absolute atomic E-state index is 13.1. The van der Waals surface area contributed by atoms with Crippen molar-refractivity contribution in [2.24, 2.45) is 16.8 Å². The summed E-state index contributed by atoms with van der Waals surface area (Å²) < 4.78 is 13.1. The van der Waals surface area contributed by atoms with E-state index in [4.69, 9.17) is 22.5 Å². The van der Waals surface area contributed by atoms with E-state index in [1.165, 1.54) is 6.07 Å². The lowest BCUT2D eigenvalue weighted by molar-refractivity contribution is 0.240. The predicted molar refractivity (Wildman–Crippen MR) is 79.6 cm³/mol. The van der Waals surface area contributed by atoms with Crippen molar-refractivity contribution in [3.8, 4) is 0 Å². The summed E-state index contributed by atoms with van der Waals surface area (Å²) in [5, 5.41) is 11.7. The fourth-order valence-electron chi connectivity index (χ4n) is 1.97. The molecule has 4 nitrogen and oxygen atoms in total. The zero-order valence-electron chi connectivity index (χ0n) is 11.8. The summed E-state index contributed by atoms with van der Waals surface area (Å²) in [5.41, 5.74) is 6.43. The third kappa shape index (κ3) is 5.75. The Balaban J connectivity index is 2.70. The highest BCUT2D eigenvalue weighted by Crippen LogP contribution is 2.17. The second kappa shape index (κ2) is 8.07. The summed E-state index contributed by atoms with van der Waals surface area (Å²) in [6, 6.07) is 4.72. The topological polar surface area (TPSA) is 61.8 Å². The van der Waals surface area contributed by atoms with Gasteiger partial charge in [-0.25, -0.2) is 4.39 Å². The van der Waals surface area contributed by atoms with E-state index in [1.807, 2.05) is 0 Å². The molecule has 0 unspecified atom stereocenters. The van der Waals surface area contributed by atoms with Crippen molar-refractivity contribution in [1.29, 1.82) is 0 Å². The Kier molecular flexibility index (Phi) is 6.75. The van der Waals surface area contributed by atoms with E-state index in [0.29, 0.717) is 25.4 Å². The molecule has 0 saturated carbocycles. The monoisotopic (exact) mass is 301 g/mol. The molecule has 0 fully saturated rings. The molecule has 0 bridgehead atoms. The van der Waals surface area contributed by atoms with Crippen LogP contribution in [0.3, 0.4) is 0 Å². The van der Waals surface area contributed by atoms with Gasteiger partial charge < -0.3 is 10.9 Å². The van der Waals surface area contributed by atoms with E-state index in [-0.39, 0.29) is 10.9 Å². The van der Waals surface area contributed by atoms with E-state index in [9.17, 15) is 4.39 Å². The van der Waals surface area contributed by atoms with Crippen LogP contribution in [0.5, 0.6) is 0 Å². The van der Waals surface area contributed by atoms with Gasteiger partial charge >= 0.3 is 0 Å². The summed E-state index contributed by atoms with van der Waals surface area (Å²) in [4.78, 5) is 2.17. The SMILES string of the molecule is CC(C)CN(CC/C(N)=N/O)Cc1ccc(F)c(Cl)c1. The van der Waals surface area contributed by atoms with Crippen LogP contribution < -0.4 is 5.73 Å². The van der Waals surface area contributed by atoms with E-state index < -0.39 is 5.82 Å². The van der Waals surface area contributed by atoms with Crippen molar-refractivity contribution >= 4 is 17.4 Å². The lowest BCUT2D eigenvalue weighted by Crippen LogP contribution is -2.31. The molecule has 0 heterocycles. The minimum absolute atomic E-state index is 0.128. The number of benzene rings is 1. The van der Waals surface area contributed by atoms with Crippen LogP contribution in [-0.2, 0) is 6.54 Å². The lowest BCUT2D eigenvalue weighted by Gasteiger charge is -2.24. The van der Waals surface area contributed by atoms with Crippen molar-refractivity contribution < 1.29 is 9.60 Å². The molecule has 1 aromatic rings. The van der Waals surface area contributed by atoms with E-state index in [0.717, 1.165) is 12.1 Å². The molecule has 0 aliphatic carbocycles. The normalized spacial score (nSPS) is 12.4. The van der Waals surface area contributed by atoms with Crippen LogP contribution in [0.25, 0.3) is 0 Å². The zero-order valence-corrected chi connectivity index (χ0v) is 12.6. The van der Waals surface area contributed by atoms with Gasteiger partial charge in [-0.15, -0.1) is 0 Å². The van der Waals surface area contributed by atoms with Crippen LogP contribution in [0, 0.1) is 11.7 Å². The Labute approximate surface area is 124 Å². The maximum atomic E-state index is 13.1. The van der Waals surface area contributed by atoms with Gasteiger partial charge in [0, 0.05) is 26.1 Å². The first-order chi connectivity index (χ1) is 9.42. The summed E-state index contributed by atoms with van der Waals surface area (Å²) in [6.45, 7) is 6.43. The Morgan fingerprint density at radius 3 is 2.75 bits per heavy atom. The van der Waals surface area contributed by atoms with Gasteiger partial charge in [-0.3, -0.25) is 4.90 Å². The number of amidine groups is 1. The number of nitrogens with zero attached hydrogens (tertiary/aromatic N) is 2. The molecule has 6 heteroatoms. The van der Waals surface area contributed by atoms with Crippen LogP contribution in [0.15, 0.2) is 23.4 Å². The Morgan fingerprint density at radius 1 is 1.50 bits per heavy atom. The van der Waals surface area contributed by atoms with Crippen molar-refractivity contribution in [1.82, 2.24) is 4.90 Å². The molecular formula is C14H21ClFN3O. The largest absolute Gasteiger partial charge is 0.409 e. The second-order valence-electron chi connectivity index (χ2n) is 5.22. The number of nitrogens with two attached hydrogens (primary N) is 1. The highest BCUT2D eigenvalue weighted by Gasteiger charge is 2.10. The van der Waals surface area contributed by atoms with Crippen LogP contribution in [0.2, 0.25) is 5.02 Å². The fraction of sp³-hybridized carbons (Fsp3) is 0.500. The smallest absolute Gasteiger partial charge is 0.141 e. The number of oxime groups is 1. The highest BCUT2D eigenvalue weighted by molar-refractivity contribution is 6.30. The summed E-state index contributed by atoms with van der Waals surface area (Å²) >= 11 is 5.79. The Hall–Kier alpha value is -1.33. The van der Waals surface area contributed by atoms with Crippen LogP contribution in [0.4, 0.5) is 4.39 Å². The Bertz CT molecular complexity index is 466. The molecule has 112 valence electrons. The first-order valence-electron chi connectivity index (χ1n) is 6.55. The fourth-order valence-corrected chi connectivity index (χ4v) is 2.17. The zero-order chi connectivity index (χ0) is 15.1. The van der Waals surface area contributed by atoms with Gasteiger partial charge in [-0.2, -0.15) is 0 Å². The minimum Gasteiger partial charge on any atom is -0.409 e. The molecule has 20 heavy (non-hydrogen) atoms. The molecule has 1 rings (SSSR count).